The van der Waals surface area contributed by atoms with Crippen molar-refractivity contribution in [2.24, 2.45) is 5.92 Å². The summed E-state index contributed by atoms with van der Waals surface area (Å²) < 4.78 is 5.70. The third kappa shape index (κ3) is 3.12. The number of nitrogens with zero attached hydrogens (tertiary/aromatic N) is 1. The Kier molecular flexibility index (Phi) is 4.06. The number of rotatable bonds is 3. The fourth-order valence-electron chi connectivity index (χ4n) is 3.56. The van der Waals surface area contributed by atoms with E-state index in [9.17, 15) is 4.79 Å². The Morgan fingerprint density at radius 3 is 2.65 bits per heavy atom. The topological polar surface area (TPSA) is 41.6 Å². The number of benzene rings is 1. The third-order valence-corrected chi connectivity index (χ3v) is 5.65. The predicted octanol–water partition coefficient (Wildman–Crippen LogP) is 4.06. The lowest BCUT2D eigenvalue weighted by Crippen LogP contribution is -2.52. The SMILES string of the molecule is O=C(Nc1sccc1-c1ccccc1)OC1CN2CCC1CC2. The molecule has 2 bridgehead atoms. The molecule has 3 aliphatic rings. The van der Waals surface area contributed by atoms with Crippen molar-refractivity contribution in [2.75, 3.05) is 25.0 Å². The number of thiophene rings is 1. The molecular formula is C18H20N2O2S. The summed E-state index contributed by atoms with van der Waals surface area (Å²) in [6.45, 7) is 3.18. The average Bonchev–Trinajstić information content (AvgIpc) is 3.04. The van der Waals surface area contributed by atoms with Crippen LogP contribution in [0.2, 0.25) is 0 Å². The number of piperidine rings is 3. The quantitative estimate of drug-likeness (QED) is 0.924. The van der Waals surface area contributed by atoms with Crippen LogP contribution >= 0.6 is 11.3 Å². The molecule has 1 amide bonds. The molecule has 1 unspecified atom stereocenters. The second-order valence-corrected chi connectivity index (χ2v) is 7.15. The van der Waals surface area contributed by atoms with Crippen LogP contribution in [0, 0.1) is 5.92 Å². The van der Waals surface area contributed by atoms with E-state index in [1.807, 2.05) is 41.8 Å². The second kappa shape index (κ2) is 6.34. The highest BCUT2D eigenvalue weighted by molar-refractivity contribution is 7.15. The van der Waals surface area contributed by atoms with Crippen LogP contribution in [0.1, 0.15) is 12.8 Å². The Balaban J connectivity index is 1.43. The number of carbonyl (C=O) groups excluding carboxylic acids is 1. The van der Waals surface area contributed by atoms with Crippen molar-refractivity contribution in [1.29, 1.82) is 0 Å². The van der Waals surface area contributed by atoms with E-state index in [1.54, 1.807) is 0 Å². The summed E-state index contributed by atoms with van der Waals surface area (Å²) in [5, 5.41) is 5.78. The molecule has 120 valence electrons. The minimum Gasteiger partial charge on any atom is -0.444 e. The van der Waals surface area contributed by atoms with Gasteiger partial charge in [0.05, 0.1) is 0 Å². The standard InChI is InChI=1S/C18H20N2O2S/c21-18(22-16-12-20-9-6-14(16)7-10-20)19-17-15(8-11-23-17)13-4-2-1-3-5-13/h1-5,8,11,14,16H,6-7,9-10,12H2,(H,19,21). The van der Waals surface area contributed by atoms with Gasteiger partial charge in [-0.05, 0) is 48.9 Å². The summed E-state index contributed by atoms with van der Waals surface area (Å²) >= 11 is 1.53. The summed E-state index contributed by atoms with van der Waals surface area (Å²) in [4.78, 5) is 14.7. The molecule has 0 saturated carbocycles. The monoisotopic (exact) mass is 328 g/mol. The van der Waals surface area contributed by atoms with Crippen molar-refractivity contribution < 1.29 is 9.53 Å². The van der Waals surface area contributed by atoms with Gasteiger partial charge in [0.2, 0.25) is 0 Å². The number of anilines is 1. The van der Waals surface area contributed by atoms with Gasteiger partial charge in [-0.2, -0.15) is 0 Å². The van der Waals surface area contributed by atoms with Crippen LogP contribution in [-0.4, -0.2) is 36.7 Å². The van der Waals surface area contributed by atoms with E-state index in [0.29, 0.717) is 5.92 Å². The maximum Gasteiger partial charge on any atom is 0.412 e. The Hall–Kier alpha value is -1.85. The molecule has 3 saturated heterocycles. The molecule has 1 N–H and O–H groups in total. The van der Waals surface area contributed by atoms with Crippen LogP contribution in [0.3, 0.4) is 0 Å². The van der Waals surface area contributed by atoms with Crippen molar-refractivity contribution in [3.63, 3.8) is 0 Å². The largest absolute Gasteiger partial charge is 0.444 e. The smallest absolute Gasteiger partial charge is 0.412 e. The van der Waals surface area contributed by atoms with Gasteiger partial charge in [-0.25, -0.2) is 4.79 Å². The predicted molar refractivity (Wildman–Crippen MR) is 92.8 cm³/mol. The molecule has 0 spiro atoms. The summed E-state index contributed by atoms with van der Waals surface area (Å²) in [7, 11) is 0. The highest BCUT2D eigenvalue weighted by Crippen LogP contribution is 2.34. The van der Waals surface area contributed by atoms with E-state index in [2.05, 4.69) is 10.2 Å². The van der Waals surface area contributed by atoms with E-state index < -0.39 is 0 Å². The number of fused-ring (bicyclic) bond motifs is 3. The molecule has 4 nitrogen and oxygen atoms in total. The fraction of sp³-hybridized carbons (Fsp3) is 0.389. The van der Waals surface area contributed by atoms with E-state index in [1.165, 1.54) is 11.3 Å². The number of ether oxygens (including phenoxy) is 1. The first kappa shape index (κ1) is 14.7. The zero-order valence-electron chi connectivity index (χ0n) is 12.9. The minimum atomic E-state index is -0.330. The molecule has 0 aliphatic carbocycles. The van der Waals surface area contributed by atoms with Gasteiger partial charge in [0.1, 0.15) is 11.1 Å². The van der Waals surface area contributed by atoms with E-state index in [4.69, 9.17) is 4.74 Å². The molecule has 0 radical (unpaired) electrons. The molecule has 1 aromatic heterocycles. The van der Waals surface area contributed by atoms with Gasteiger partial charge in [-0.1, -0.05) is 30.3 Å². The van der Waals surface area contributed by atoms with Crippen LogP contribution in [0.4, 0.5) is 9.80 Å². The van der Waals surface area contributed by atoms with Gasteiger partial charge < -0.3 is 4.74 Å². The van der Waals surface area contributed by atoms with Crippen molar-refractivity contribution in [3.8, 4) is 11.1 Å². The van der Waals surface area contributed by atoms with Gasteiger partial charge in [0, 0.05) is 12.1 Å². The normalized spacial score (nSPS) is 26.0. The average molecular weight is 328 g/mol. The number of hydrogen-bond donors (Lipinski definition) is 1. The Bertz CT molecular complexity index is 677. The lowest BCUT2D eigenvalue weighted by molar-refractivity contribution is -0.0289. The Morgan fingerprint density at radius 2 is 1.96 bits per heavy atom. The molecule has 23 heavy (non-hydrogen) atoms. The molecule has 4 heterocycles. The minimum absolute atomic E-state index is 0.0395. The number of amides is 1. The van der Waals surface area contributed by atoms with Crippen molar-refractivity contribution in [1.82, 2.24) is 4.90 Å². The molecule has 3 fully saturated rings. The van der Waals surface area contributed by atoms with Gasteiger partial charge >= 0.3 is 6.09 Å². The van der Waals surface area contributed by atoms with Gasteiger partial charge in [-0.15, -0.1) is 11.3 Å². The highest BCUT2D eigenvalue weighted by atomic mass is 32.1. The molecule has 1 aromatic carbocycles. The Labute approximate surface area is 140 Å². The number of nitrogens with one attached hydrogen (secondary N) is 1. The van der Waals surface area contributed by atoms with Crippen LogP contribution in [-0.2, 0) is 4.74 Å². The zero-order valence-corrected chi connectivity index (χ0v) is 13.7. The lowest BCUT2D eigenvalue weighted by atomic mass is 9.86. The van der Waals surface area contributed by atoms with E-state index >= 15 is 0 Å². The first-order valence-electron chi connectivity index (χ1n) is 8.12. The highest BCUT2D eigenvalue weighted by Gasteiger charge is 2.36. The molecule has 3 aliphatic heterocycles. The fourth-order valence-corrected chi connectivity index (χ4v) is 4.35. The molecule has 1 atom stereocenters. The van der Waals surface area contributed by atoms with E-state index in [0.717, 1.165) is 48.6 Å². The van der Waals surface area contributed by atoms with Gasteiger partial charge in [0.15, 0.2) is 0 Å². The molecule has 2 aromatic rings. The van der Waals surface area contributed by atoms with Crippen molar-refractivity contribution in [2.45, 2.75) is 18.9 Å². The van der Waals surface area contributed by atoms with Gasteiger partial charge in [0.25, 0.3) is 0 Å². The summed E-state index contributed by atoms with van der Waals surface area (Å²) in [6.07, 6.45) is 2.00. The first-order valence-corrected chi connectivity index (χ1v) is 9.00. The summed E-state index contributed by atoms with van der Waals surface area (Å²) in [5.74, 6) is 0.530. The molecular weight excluding hydrogens is 308 g/mol. The molecule has 5 heteroatoms. The molecule has 5 rings (SSSR count). The van der Waals surface area contributed by atoms with E-state index in [-0.39, 0.29) is 12.2 Å². The first-order chi connectivity index (χ1) is 11.3. The van der Waals surface area contributed by atoms with Crippen LogP contribution in [0.15, 0.2) is 41.8 Å². The lowest BCUT2D eigenvalue weighted by Gasteiger charge is -2.43. The zero-order chi connectivity index (χ0) is 15.6. The van der Waals surface area contributed by atoms with Crippen LogP contribution in [0.25, 0.3) is 11.1 Å². The van der Waals surface area contributed by atoms with Crippen molar-refractivity contribution in [3.05, 3.63) is 41.8 Å². The summed E-state index contributed by atoms with van der Waals surface area (Å²) in [6, 6.07) is 12.1. The van der Waals surface area contributed by atoms with Crippen LogP contribution in [0.5, 0.6) is 0 Å². The third-order valence-electron chi connectivity index (χ3n) is 4.82. The maximum absolute atomic E-state index is 12.3. The Morgan fingerprint density at radius 1 is 1.17 bits per heavy atom. The number of hydrogen-bond acceptors (Lipinski definition) is 4. The van der Waals surface area contributed by atoms with Crippen molar-refractivity contribution >= 4 is 22.4 Å². The maximum atomic E-state index is 12.3. The second-order valence-electron chi connectivity index (χ2n) is 6.24. The summed E-state index contributed by atoms with van der Waals surface area (Å²) in [5.41, 5.74) is 2.15. The van der Waals surface area contributed by atoms with Gasteiger partial charge in [-0.3, -0.25) is 10.2 Å². The number of carbonyl (C=O) groups is 1. The van der Waals surface area contributed by atoms with Crippen LogP contribution < -0.4 is 5.32 Å².